The molecule has 5 heteroatoms. The first-order chi connectivity index (χ1) is 14.2. The largest absolute Gasteiger partial charge is 0.356 e. The van der Waals surface area contributed by atoms with E-state index in [0.29, 0.717) is 6.04 Å². The highest BCUT2D eigenvalue weighted by atomic mass is 16.1. The second kappa shape index (κ2) is 9.38. The molecule has 1 aromatic heterocycles. The lowest BCUT2D eigenvalue weighted by atomic mass is 9.95. The molecular formula is C24H32N4O. The van der Waals surface area contributed by atoms with Crippen LogP contribution in [0.4, 0.5) is 5.82 Å². The van der Waals surface area contributed by atoms with Gasteiger partial charge in [0.15, 0.2) is 0 Å². The van der Waals surface area contributed by atoms with Gasteiger partial charge in [0.05, 0.1) is 5.69 Å². The van der Waals surface area contributed by atoms with Gasteiger partial charge in [-0.3, -0.25) is 4.79 Å². The van der Waals surface area contributed by atoms with Crippen molar-refractivity contribution < 1.29 is 4.79 Å². The Morgan fingerprint density at radius 1 is 0.966 bits per heavy atom. The maximum atomic E-state index is 12.7. The average Bonchev–Trinajstić information content (AvgIpc) is 3.03. The van der Waals surface area contributed by atoms with Gasteiger partial charge in [0.25, 0.3) is 0 Å². The molecule has 1 N–H and O–H groups in total. The van der Waals surface area contributed by atoms with Crippen LogP contribution in [0, 0.1) is 12.8 Å². The standard InChI is InChI=1S/C24H32N4O/c1-18-8-10-19(11-9-18)22-16-23(26-17-25-22)28-14-12-20(13-15-28)24(29)27-21-6-4-2-3-5-7-21/h8-11,16-17,20-21H,2-7,12-15H2,1H3,(H,27,29). The predicted octanol–water partition coefficient (Wildman–Crippen LogP) is 4.51. The van der Waals surface area contributed by atoms with Crippen molar-refractivity contribution in [2.75, 3.05) is 18.0 Å². The predicted molar refractivity (Wildman–Crippen MR) is 117 cm³/mol. The Labute approximate surface area is 173 Å². The molecule has 0 spiro atoms. The van der Waals surface area contributed by atoms with E-state index in [1.165, 1.54) is 31.2 Å². The van der Waals surface area contributed by atoms with E-state index in [0.717, 1.165) is 55.8 Å². The van der Waals surface area contributed by atoms with E-state index < -0.39 is 0 Å². The third-order valence-electron chi connectivity index (χ3n) is 6.39. The highest BCUT2D eigenvalue weighted by molar-refractivity contribution is 5.79. The van der Waals surface area contributed by atoms with Gasteiger partial charge in [0.2, 0.25) is 5.91 Å². The summed E-state index contributed by atoms with van der Waals surface area (Å²) in [5.41, 5.74) is 3.30. The Morgan fingerprint density at radius 2 is 1.66 bits per heavy atom. The van der Waals surface area contributed by atoms with Gasteiger partial charge in [-0.05, 0) is 32.6 Å². The number of piperidine rings is 1. The molecule has 1 saturated carbocycles. The van der Waals surface area contributed by atoms with Crippen LogP contribution in [0.25, 0.3) is 11.3 Å². The molecule has 1 aliphatic carbocycles. The van der Waals surface area contributed by atoms with E-state index in [1.54, 1.807) is 6.33 Å². The van der Waals surface area contributed by atoms with Crippen molar-refractivity contribution in [1.29, 1.82) is 0 Å². The molecule has 5 nitrogen and oxygen atoms in total. The van der Waals surface area contributed by atoms with Gasteiger partial charge in [-0.2, -0.15) is 0 Å². The van der Waals surface area contributed by atoms with Crippen molar-refractivity contribution in [3.05, 3.63) is 42.2 Å². The lowest BCUT2D eigenvalue weighted by molar-refractivity contribution is -0.126. The van der Waals surface area contributed by atoms with Crippen molar-refractivity contribution >= 4 is 11.7 Å². The Morgan fingerprint density at radius 3 is 2.34 bits per heavy atom. The smallest absolute Gasteiger partial charge is 0.223 e. The fourth-order valence-electron chi connectivity index (χ4n) is 4.52. The molecule has 2 fully saturated rings. The topological polar surface area (TPSA) is 58.1 Å². The van der Waals surface area contributed by atoms with Gasteiger partial charge in [0.1, 0.15) is 12.1 Å². The molecule has 0 unspecified atom stereocenters. The summed E-state index contributed by atoms with van der Waals surface area (Å²) in [6.07, 6.45) is 10.9. The number of rotatable bonds is 4. The quantitative estimate of drug-likeness (QED) is 0.778. The van der Waals surface area contributed by atoms with Crippen LogP contribution < -0.4 is 10.2 Å². The normalized spacial score (nSPS) is 19.0. The van der Waals surface area contributed by atoms with E-state index in [1.807, 2.05) is 0 Å². The molecule has 2 aromatic rings. The van der Waals surface area contributed by atoms with Crippen LogP contribution in [0.2, 0.25) is 0 Å². The number of nitrogens with zero attached hydrogens (tertiary/aromatic N) is 3. The molecule has 1 aromatic carbocycles. The van der Waals surface area contributed by atoms with Gasteiger partial charge < -0.3 is 10.2 Å². The molecule has 1 aliphatic heterocycles. The highest BCUT2D eigenvalue weighted by Crippen LogP contribution is 2.26. The third kappa shape index (κ3) is 5.14. The van der Waals surface area contributed by atoms with Crippen molar-refractivity contribution in [3.63, 3.8) is 0 Å². The number of carbonyl (C=O) groups is 1. The first-order valence-electron chi connectivity index (χ1n) is 11.1. The Kier molecular flexibility index (Phi) is 6.43. The van der Waals surface area contributed by atoms with Crippen molar-refractivity contribution in [2.24, 2.45) is 5.92 Å². The minimum absolute atomic E-state index is 0.132. The zero-order valence-electron chi connectivity index (χ0n) is 17.4. The van der Waals surface area contributed by atoms with Gasteiger partial charge >= 0.3 is 0 Å². The molecule has 29 heavy (non-hydrogen) atoms. The van der Waals surface area contributed by atoms with Crippen LogP contribution in [-0.2, 0) is 4.79 Å². The van der Waals surface area contributed by atoms with Crippen LogP contribution in [0.5, 0.6) is 0 Å². The summed E-state index contributed by atoms with van der Waals surface area (Å²) in [5.74, 6) is 1.35. The lowest BCUT2D eigenvalue weighted by Crippen LogP contribution is -2.44. The molecule has 1 amide bonds. The van der Waals surface area contributed by atoms with Crippen LogP contribution >= 0.6 is 0 Å². The minimum Gasteiger partial charge on any atom is -0.356 e. The number of carbonyl (C=O) groups excluding carboxylic acids is 1. The van der Waals surface area contributed by atoms with E-state index >= 15 is 0 Å². The van der Waals surface area contributed by atoms with Gasteiger partial charge in [-0.1, -0.05) is 55.5 Å². The number of nitrogens with one attached hydrogen (secondary N) is 1. The Hall–Kier alpha value is -2.43. The summed E-state index contributed by atoms with van der Waals surface area (Å²) >= 11 is 0. The number of hydrogen-bond donors (Lipinski definition) is 1. The average molecular weight is 393 g/mol. The number of hydrogen-bond acceptors (Lipinski definition) is 4. The fraction of sp³-hybridized carbons (Fsp3) is 0.542. The molecule has 0 bridgehead atoms. The third-order valence-corrected chi connectivity index (χ3v) is 6.39. The van der Waals surface area contributed by atoms with E-state index in [9.17, 15) is 4.79 Å². The second-order valence-corrected chi connectivity index (χ2v) is 8.59. The summed E-state index contributed by atoms with van der Waals surface area (Å²) < 4.78 is 0. The van der Waals surface area contributed by atoms with E-state index in [2.05, 4.69) is 57.4 Å². The van der Waals surface area contributed by atoms with Crippen LogP contribution in [0.1, 0.15) is 56.9 Å². The Bertz CT molecular complexity index is 804. The van der Waals surface area contributed by atoms with Gasteiger partial charge in [-0.15, -0.1) is 0 Å². The lowest BCUT2D eigenvalue weighted by Gasteiger charge is -2.33. The van der Waals surface area contributed by atoms with Crippen molar-refractivity contribution in [3.8, 4) is 11.3 Å². The first-order valence-corrected chi connectivity index (χ1v) is 11.1. The molecule has 154 valence electrons. The van der Waals surface area contributed by atoms with Gasteiger partial charge in [-0.25, -0.2) is 9.97 Å². The first kappa shape index (κ1) is 19.9. The van der Waals surface area contributed by atoms with Crippen LogP contribution in [0.15, 0.2) is 36.7 Å². The monoisotopic (exact) mass is 392 g/mol. The number of anilines is 1. The fourth-order valence-corrected chi connectivity index (χ4v) is 4.52. The molecule has 1 saturated heterocycles. The van der Waals surface area contributed by atoms with E-state index in [4.69, 9.17) is 0 Å². The number of benzene rings is 1. The summed E-state index contributed by atoms with van der Waals surface area (Å²) in [5, 5.41) is 3.34. The highest BCUT2D eigenvalue weighted by Gasteiger charge is 2.27. The summed E-state index contributed by atoms with van der Waals surface area (Å²) in [4.78, 5) is 24.0. The second-order valence-electron chi connectivity index (χ2n) is 8.59. The summed E-state index contributed by atoms with van der Waals surface area (Å²) in [7, 11) is 0. The van der Waals surface area contributed by atoms with Crippen molar-refractivity contribution in [1.82, 2.24) is 15.3 Å². The zero-order valence-corrected chi connectivity index (χ0v) is 17.4. The molecular weight excluding hydrogens is 360 g/mol. The SMILES string of the molecule is Cc1ccc(-c2cc(N3CCC(C(=O)NC4CCCCCC4)CC3)ncn2)cc1. The summed E-state index contributed by atoms with van der Waals surface area (Å²) in [6, 6.07) is 10.9. The summed E-state index contributed by atoms with van der Waals surface area (Å²) in [6.45, 7) is 3.82. The van der Waals surface area contributed by atoms with Crippen molar-refractivity contribution in [2.45, 2.75) is 64.3 Å². The molecule has 2 aliphatic rings. The molecule has 0 radical (unpaired) electrons. The number of amides is 1. The molecule has 0 atom stereocenters. The van der Waals surface area contributed by atoms with Crippen LogP contribution in [-0.4, -0.2) is 35.0 Å². The minimum atomic E-state index is 0.132. The maximum absolute atomic E-state index is 12.7. The molecule has 2 heterocycles. The van der Waals surface area contributed by atoms with Gasteiger partial charge in [0, 0.05) is 36.7 Å². The zero-order chi connectivity index (χ0) is 20.1. The Balaban J connectivity index is 1.34. The maximum Gasteiger partial charge on any atom is 0.223 e. The number of aromatic nitrogens is 2. The van der Waals surface area contributed by atoms with Crippen LogP contribution in [0.3, 0.4) is 0 Å². The molecule has 4 rings (SSSR count). The number of aryl methyl sites for hydroxylation is 1. The van der Waals surface area contributed by atoms with E-state index in [-0.39, 0.29) is 11.8 Å².